The van der Waals surface area contributed by atoms with Crippen LogP contribution in [0.3, 0.4) is 0 Å². The van der Waals surface area contributed by atoms with Gasteiger partial charge in [0.2, 0.25) is 0 Å². The van der Waals surface area contributed by atoms with Gasteiger partial charge < -0.3 is 24.8 Å². The summed E-state index contributed by atoms with van der Waals surface area (Å²) in [5.74, 6) is 5.90. The topological polar surface area (TPSA) is 160 Å². The molecule has 2 aromatic carbocycles. The van der Waals surface area contributed by atoms with Gasteiger partial charge in [0.25, 0.3) is 11.1 Å². The molecule has 4 fully saturated rings. The lowest BCUT2D eigenvalue weighted by molar-refractivity contribution is 0.0831. The fraction of sp³-hybridized carbons (Fsp3) is 0.522. The van der Waals surface area contributed by atoms with Crippen LogP contribution in [0.1, 0.15) is 109 Å². The Morgan fingerprint density at radius 1 is 0.656 bits per heavy atom. The third-order valence-corrected chi connectivity index (χ3v) is 13.1. The Morgan fingerprint density at radius 2 is 1.15 bits per heavy atom. The Labute approximate surface area is 361 Å². The Morgan fingerprint density at radius 3 is 1.62 bits per heavy atom. The lowest BCUT2D eigenvalue weighted by Gasteiger charge is -2.21. The van der Waals surface area contributed by atoms with Gasteiger partial charge in [-0.3, -0.25) is 14.5 Å². The van der Waals surface area contributed by atoms with E-state index in [1.807, 2.05) is 12.1 Å². The number of likely N-dealkylation sites (tertiary alicyclic amines) is 1. The Kier molecular flexibility index (Phi) is 13.8. The van der Waals surface area contributed by atoms with Gasteiger partial charge in [-0.2, -0.15) is 10.2 Å². The molecule has 61 heavy (non-hydrogen) atoms. The summed E-state index contributed by atoms with van der Waals surface area (Å²) in [6.07, 6.45) is 7.01. The predicted molar refractivity (Wildman–Crippen MR) is 237 cm³/mol. The van der Waals surface area contributed by atoms with Gasteiger partial charge in [-0.05, 0) is 69.0 Å². The number of H-pyrrole nitrogens is 2. The molecule has 0 radical (unpaired) electrons. The molecule has 8 heterocycles. The zero-order chi connectivity index (χ0) is 42.5. The molecule has 0 aliphatic carbocycles. The lowest BCUT2D eigenvalue weighted by atomic mass is 9.97. The van der Waals surface area contributed by atoms with Crippen LogP contribution < -0.4 is 16.4 Å². The maximum atomic E-state index is 12.8. The first-order valence-corrected chi connectivity index (χ1v) is 22.4. The molecule has 324 valence electrons. The number of aryl methyl sites for hydroxylation is 2. The van der Waals surface area contributed by atoms with Crippen LogP contribution in [0, 0.1) is 25.7 Å². The van der Waals surface area contributed by atoms with Crippen LogP contribution in [0.5, 0.6) is 0 Å². The van der Waals surface area contributed by atoms with Crippen molar-refractivity contribution in [3.05, 3.63) is 127 Å². The first-order chi connectivity index (χ1) is 29.6. The summed E-state index contributed by atoms with van der Waals surface area (Å²) in [6, 6.07) is 16.9. The predicted octanol–water partition coefficient (Wildman–Crippen LogP) is 6.22. The second-order valence-electron chi connectivity index (χ2n) is 17.4. The van der Waals surface area contributed by atoms with Crippen molar-refractivity contribution in [1.29, 1.82) is 0 Å². The minimum absolute atomic E-state index is 0.102. The van der Waals surface area contributed by atoms with Gasteiger partial charge in [-0.25, -0.2) is 19.0 Å². The quantitative estimate of drug-likeness (QED) is 0.157. The molecule has 3 N–H and O–H groups in total. The van der Waals surface area contributed by atoms with Gasteiger partial charge in [0.1, 0.15) is 23.3 Å². The molecule has 4 atom stereocenters. The second-order valence-corrected chi connectivity index (χ2v) is 17.7. The summed E-state index contributed by atoms with van der Waals surface area (Å²) < 4.78 is 14.5. The fourth-order valence-electron chi connectivity index (χ4n) is 9.03. The average Bonchev–Trinajstić information content (AvgIpc) is 4.09. The van der Waals surface area contributed by atoms with Crippen LogP contribution in [0.2, 0.25) is 0 Å². The van der Waals surface area contributed by atoms with E-state index >= 15 is 0 Å². The molecule has 0 amide bonds. The number of rotatable bonds is 7. The van der Waals surface area contributed by atoms with Gasteiger partial charge in [0.15, 0.2) is 11.0 Å². The largest absolute Gasteiger partial charge is 0.381 e. The van der Waals surface area contributed by atoms with Crippen molar-refractivity contribution in [2.75, 3.05) is 52.6 Å². The third kappa shape index (κ3) is 9.99. The number of halogens is 1. The van der Waals surface area contributed by atoms with Crippen molar-refractivity contribution in [3.63, 3.8) is 0 Å². The first kappa shape index (κ1) is 42.9. The van der Waals surface area contributed by atoms with E-state index in [-0.39, 0.29) is 23.0 Å². The number of nitrogens with one attached hydrogen (secondary N) is 3. The lowest BCUT2D eigenvalue weighted by Crippen LogP contribution is -2.24. The van der Waals surface area contributed by atoms with Crippen LogP contribution in [0.4, 0.5) is 0 Å². The maximum absolute atomic E-state index is 12.8. The van der Waals surface area contributed by atoms with E-state index in [0.717, 1.165) is 108 Å². The number of ether oxygens (including phenoxy) is 2. The number of hydrogen-bond acceptors (Lipinski definition) is 10. The number of aromatic nitrogens is 8. The molecule has 4 unspecified atom stereocenters. The molecule has 4 aliphatic heterocycles. The highest BCUT2D eigenvalue weighted by atomic mass is 35.5. The van der Waals surface area contributed by atoms with E-state index < -0.39 is 0 Å². The summed E-state index contributed by atoms with van der Waals surface area (Å²) in [7, 11) is 0. The highest BCUT2D eigenvalue weighted by Crippen LogP contribution is 2.32. The molecular weight excluding hydrogens is 792 g/mol. The van der Waals surface area contributed by atoms with Crippen molar-refractivity contribution in [2.45, 2.75) is 89.5 Å². The van der Waals surface area contributed by atoms with E-state index in [9.17, 15) is 9.59 Å². The molecule has 4 aromatic heterocycles. The van der Waals surface area contributed by atoms with Crippen LogP contribution in [-0.2, 0) is 21.9 Å². The molecule has 10 rings (SSSR count). The molecule has 0 bridgehead atoms. The molecule has 4 aliphatic rings. The highest BCUT2D eigenvalue weighted by Gasteiger charge is 2.34. The maximum Gasteiger partial charge on any atom is 0.276 e. The Hall–Kier alpha value is -4.73. The first-order valence-electron chi connectivity index (χ1n) is 21.9. The zero-order valence-electron chi connectivity index (χ0n) is 35.8. The summed E-state index contributed by atoms with van der Waals surface area (Å²) >= 11 is 5.58. The summed E-state index contributed by atoms with van der Waals surface area (Å²) in [5.41, 5.74) is 5.92. The van der Waals surface area contributed by atoms with Gasteiger partial charge >= 0.3 is 0 Å². The van der Waals surface area contributed by atoms with Gasteiger partial charge in [-0.1, -0.05) is 73.5 Å². The van der Waals surface area contributed by atoms with Crippen molar-refractivity contribution < 1.29 is 9.47 Å². The van der Waals surface area contributed by atoms with Crippen LogP contribution in [0.25, 0.3) is 11.0 Å². The number of nitrogens with zero attached hydrogens (tertiary/aromatic N) is 7. The van der Waals surface area contributed by atoms with Gasteiger partial charge in [0, 0.05) is 82.2 Å². The number of imidazole rings is 2. The van der Waals surface area contributed by atoms with Crippen LogP contribution in [0.15, 0.2) is 70.5 Å². The third-order valence-electron chi connectivity index (χ3n) is 12.8. The van der Waals surface area contributed by atoms with Crippen molar-refractivity contribution in [1.82, 2.24) is 49.4 Å². The molecule has 6 aromatic rings. The van der Waals surface area contributed by atoms with Crippen molar-refractivity contribution in [3.8, 4) is 0 Å². The fourth-order valence-corrected chi connectivity index (χ4v) is 9.20. The number of aromatic amines is 2. The minimum atomic E-state index is -0.102. The zero-order valence-corrected chi connectivity index (χ0v) is 36.5. The van der Waals surface area contributed by atoms with E-state index in [0.29, 0.717) is 40.6 Å². The second kappa shape index (κ2) is 19.5. The van der Waals surface area contributed by atoms with E-state index in [1.165, 1.54) is 22.3 Å². The van der Waals surface area contributed by atoms with Crippen LogP contribution >= 0.6 is 11.6 Å². The van der Waals surface area contributed by atoms with Crippen molar-refractivity contribution in [2.24, 2.45) is 11.8 Å². The molecule has 4 saturated heterocycles. The Bertz CT molecular complexity index is 2490. The Balaban J connectivity index is 0.000000144. The molecular formula is C46H59ClN10O4. The summed E-state index contributed by atoms with van der Waals surface area (Å²) in [5, 5.41) is 13.0. The number of hydrogen-bond donors (Lipinski definition) is 3. The summed E-state index contributed by atoms with van der Waals surface area (Å²) in [4.78, 5) is 42.6. The van der Waals surface area contributed by atoms with Crippen molar-refractivity contribution >= 4 is 22.6 Å². The number of alkyl halides is 1. The average molecular weight is 851 g/mol. The SMILES string of the molecule is CC1CNCC1c1nn2c(C3CCOCC3)ncc2c(=O)[nH]1.Cc1ccc(CCl)cc1.Cc1ccc(CN2CC(C)C(c3nn4c(C5CCOCC5)ncc4c(=O)[nH]3)C2)cc1. The smallest absolute Gasteiger partial charge is 0.276 e. The molecule has 15 heteroatoms. The van der Waals surface area contributed by atoms with E-state index in [2.05, 4.69) is 94.2 Å². The van der Waals surface area contributed by atoms with Gasteiger partial charge in [-0.15, -0.1) is 11.6 Å². The van der Waals surface area contributed by atoms with E-state index in [1.54, 1.807) is 21.4 Å². The number of fused-ring (bicyclic) bond motifs is 2. The molecule has 0 spiro atoms. The molecule has 14 nitrogen and oxygen atoms in total. The molecule has 0 saturated carbocycles. The van der Waals surface area contributed by atoms with E-state index in [4.69, 9.17) is 31.3 Å². The van der Waals surface area contributed by atoms with Gasteiger partial charge in [0.05, 0.1) is 12.4 Å². The standard InChI is InChI=1S/C23H29N5O2.C15H21N5O2.C8H9Cl/c1-15-3-5-17(6-4-15)13-27-12-16(2)19(14-27)21-25-23(29)20-11-24-22(28(20)26-21)18-7-9-30-10-8-18;1-9-6-16-7-11(9)13-18-15(21)12-8-17-14(20(12)19-13)10-2-4-22-5-3-10;1-7-2-4-8(6-9)5-3-7/h3-6,11,16,18-19H,7-10,12-14H2,1-2H3,(H,25,26,29);8-11,16H,2-7H2,1H3,(H,18,19,21);2-5H,6H2,1H3. The normalized spacial score (nSPS) is 22.6. The number of benzene rings is 2. The van der Waals surface area contributed by atoms with Crippen LogP contribution in [-0.4, -0.2) is 96.7 Å². The minimum Gasteiger partial charge on any atom is -0.381 e. The highest BCUT2D eigenvalue weighted by molar-refractivity contribution is 6.17. The monoisotopic (exact) mass is 850 g/mol. The summed E-state index contributed by atoms with van der Waals surface area (Å²) in [6.45, 7) is 16.2.